The van der Waals surface area contributed by atoms with Gasteiger partial charge in [-0.25, -0.2) is 0 Å². The van der Waals surface area contributed by atoms with Crippen molar-refractivity contribution in [1.29, 1.82) is 0 Å². The van der Waals surface area contributed by atoms with Gasteiger partial charge in [-0.2, -0.15) is 0 Å². The van der Waals surface area contributed by atoms with Crippen molar-refractivity contribution in [2.75, 3.05) is 0 Å². The maximum atomic E-state index is 10.6. The van der Waals surface area contributed by atoms with Crippen molar-refractivity contribution in [2.45, 2.75) is 119 Å². The van der Waals surface area contributed by atoms with Gasteiger partial charge < -0.3 is 5.11 Å². The van der Waals surface area contributed by atoms with Crippen molar-refractivity contribution in [3.05, 3.63) is 11.6 Å². The van der Waals surface area contributed by atoms with Crippen LogP contribution in [0.1, 0.15) is 113 Å². The number of aliphatic hydroxyl groups is 1. The van der Waals surface area contributed by atoms with E-state index in [0.717, 1.165) is 30.1 Å². The molecule has 2 spiro atoms. The molecule has 0 amide bonds. The maximum absolute atomic E-state index is 10.6. The molecule has 1 nitrogen and oxygen atoms in total. The molecular formula is C30H50O. The van der Waals surface area contributed by atoms with Crippen LogP contribution in [0.25, 0.3) is 0 Å². The summed E-state index contributed by atoms with van der Waals surface area (Å²) in [5.74, 6) is 4.67. The van der Waals surface area contributed by atoms with E-state index < -0.39 is 0 Å². The van der Waals surface area contributed by atoms with Crippen LogP contribution in [0.4, 0.5) is 0 Å². The number of rotatable bonds is 4. The highest BCUT2D eigenvalue weighted by molar-refractivity contribution is 5.29. The molecule has 0 heterocycles. The second-order valence-electron chi connectivity index (χ2n) is 14.0. The maximum Gasteiger partial charge on any atom is 0.0568 e. The molecule has 10 atom stereocenters. The normalized spacial score (nSPS) is 54.6. The lowest BCUT2D eigenvalue weighted by Crippen LogP contribution is -2.55. The van der Waals surface area contributed by atoms with Gasteiger partial charge in [-0.05, 0) is 128 Å². The smallest absolute Gasteiger partial charge is 0.0568 e. The molecular weight excluding hydrogens is 376 g/mol. The topological polar surface area (TPSA) is 20.2 Å². The summed E-state index contributed by atoms with van der Waals surface area (Å²) in [6.07, 6.45) is 16.4. The summed E-state index contributed by atoms with van der Waals surface area (Å²) in [5, 5.41) is 10.6. The standard InChI is InChI=1S/C30H50O/c1-19(2)20(3)8-9-21(4)23-12-14-28(7)26-11-10-24-22(5)25(31)13-15-29(24)18-30(26,29)17-16-27(23,28)6/h8,19,21-26,31H,9-18H2,1-7H3. The second-order valence-corrected chi connectivity index (χ2v) is 14.0. The fourth-order valence-corrected chi connectivity index (χ4v) is 10.7. The first-order valence-corrected chi connectivity index (χ1v) is 13.9. The Bertz CT molecular complexity index is 752. The van der Waals surface area contributed by atoms with Crippen LogP contribution in [0.15, 0.2) is 11.6 Å². The average molecular weight is 427 g/mol. The molecule has 1 N–H and O–H groups in total. The Morgan fingerprint density at radius 2 is 1.68 bits per heavy atom. The van der Waals surface area contributed by atoms with Crippen LogP contribution in [-0.4, -0.2) is 11.2 Å². The molecule has 10 unspecified atom stereocenters. The number of hydrogen-bond acceptors (Lipinski definition) is 1. The van der Waals surface area contributed by atoms with E-state index in [1.54, 1.807) is 5.57 Å². The molecule has 176 valence electrons. The van der Waals surface area contributed by atoms with Gasteiger partial charge in [0, 0.05) is 0 Å². The zero-order valence-corrected chi connectivity index (χ0v) is 21.6. The van der Waals surface area contributed by atoms with E-state index in [-0.39, 0.29) is 6.10 Å². The molecule has 0 saturated heterocycles. The molecule has 0 aromatic rings. The molecule has 1 heteroatoms. The Morgan fingerprint density at radius 3 is 2.39 bits per heavy atom. The Labute approximate surface area is 192 Å². The Morgan fingerprint density at radius 1 is 0.935 bits per heavy atom. The third-order valence-corrected chi connectivity index (χ3v) is 13.1. The van der Waals surface area contributed by atoms with Crippen molar-refractivity contribution in [1.82, 2.24) is 0 Å². The highest BCUT2D eigenvalue weighted by Gasteiger charge is 2.81. The van der Waals surface area contributed by atoms with E-state index in [4.69, 9.17) is 0 Å². The minimum absolute atomic E-state index is 0.0340. The van der Waals surface area contributed by atoms with Crippen LogP contribution in [0.5, 0.6) is 0 Å². The van der Waals surface area contributed by atoms with Gasteiger partial charge in [-0.1, -0.05) is 53.2 Å². The van der Waals surface area contributed by atoms with E-state index in [1.165, 1.54) is 57.8 Å². The summed E-state index contributed by atoms with van der Waals surface area (Å²) in [6, 6.07) is 0. The predicted octanol–water partition coefficient (Wildman–Crippen LogP) is 8.02. The van der Waals surface area contributed by atoms with Crippen LogP contribution in [-0.2, 0) is 0 Å². The van der Waals surface area contributed by atoms with Crippen LogP contribution in [0.2, 0.25) is 0 Å². The van der Waals surface area contributed by atoms with Crippen molar-refractivity contribution in [3.8, 4) is 0 Å². The van der Waals surface area contributed by atoms with E-state index in [1.807, 2.05) is 0 Å². The number of fused-ring (bicyclic) bond motifs is 2. The fourth-order valence-electron chi connectivity index (χ4n) is 10.7. The first-order chi connectivity index (χ1) is 14.5. The molecule has 0 aliphatic heterocycles. The Balaban J connectivity index is 1.40. The van der Waals surface area contributed by atoms with Crippen LogP contribution < -0.4 is 0 Å². The fraction of sp³-hybridized carbons (Fsp3) is 0.933. The van der Waals surface area contributed by atoms with Gasteiger partial charge in [0.25, 0.3) is 0 Å². The van der Waals surface area contributed by atoms with E-state index in [2.05, 4.69) is 54.5 Å². The van der Waals surface area contributed by atoms with Gasteiger partial charge in [0.1, 0.15) is 0 Å². The third-order valence-electron chi connectivity index (χ3n) is 13.1. The summed E-state index contributed by atoms with van der Waals surface area (Å²) < 4.78 is 0. The summed E-state index contributed by atoms with van der Waals surface area (Å²) in [4.78, 5) is 0. The average Bonchev–Trinajstić information content (AvgIpc) is 3.31. The Hall–Kier alpha value is -0.300. The summed E-state index contributed by atoms with van der Waals surface area (Å²) in [6.45, 7) is 17.4. The molecule has 0 aromatic carbocycles. The first kappa shape index (κ1) is 22.5. The van der Waals surface area contributed by atoms with E-state index in [0.29, 0.717) is 33.5 Å². The molecule has 5 aliphatic carbocycles. The largest absolute Gasteiger partial charge is 0.393 e. The van der Waals surface area contributed by atoms with Gasteiger partial charge in [-0.15, -0.1) is 0 Å². The highest BCUT2D eigenvalue weighted by atomic mass is 16.3. The quantitative estimate of drug-likeness (QED) is 0.451. The summed E-state index contributed by atoms with van der Waals surface area (Å²) >= 11 is 0. The summed E-state index contributed by atoms with van der Waals surface area (Å²) in [7, 11) is 0. The monoisotopic (exact) mass is 426 g/mol. The van der Waals surface area contributed by atoms with Crippen LogP contribution >= 0.6 is 0 Å². The van der Waals surface area contributed by atoms with E-state index in [9.17, 15) is 5.11 Å². The first-order valence-electron chi connectivity index (χ1n) is 13.9. The third kappa shape index (κ3) is 2.77. The second kappa shape index (κ2) is 7.10. The number of aliphatic hydroxyl groups excluding tert-OH is 1. The van der Waals surface area contributed by atoms with Crippen molar-refractivity contribution in [3.63, 3.8) is 0 Å². The zero-order valence-electron chi connectivity index (χ0n) is 21.6. The number of hydrogen-bond donors (Lipinski definition) is 1. The molecule has 0 aromatic heterocycles. The molecule has 0 bridgehead atoms. The molecule has 5 aliphatic rings. The highest BCUT2D eigenvalue weighted by Crippen LogP contribution is 2.88. The van der Waals surface area contributed by atoms with Gasteiger partial charge in [0.2, 0.25) is 0 Å². The zero-order chi connectivity index (χ0) is 22.4. The number of allylic oxidation sites excluding steroid dienone is 2. The molecule has 0 radical (unpaired) electrons. The molecule has 5 fully saturated rings. The lowest BCUT2D eigenvalue weighted by Gasteiger charge is -2.62. The van der Waals surface area contributed by atoms with Crippen molar-refractivity contribution < 1.29 is 5.11 Å². The minimum Gasteiger partial charge on any atom is -0.393 e. The van der Waals surface area contributed by atoms with Crippen molar-refractivity contribution in [2.24, 2.45) is 57.2 Å². The summed E-state index contributed by atoms with van der Waals surface area (Å²) in [5.41, 5.74) is 3.89. The lowest BCUT2D eigenvalue weighted by molar-refractivity contribution is -0.142. The van der Waals surface area contributed by atoms with E-state index >= 15 is 0 Å². The SMILES string of the molecule is CC(=CCC(C)C1CCC2(C)C3CCC4C(C)C(O)CCC45CC35CCC12C)C(C)C. The minimum atomic E-state index is -0.0340. The van der Waals surface area contributed by atoms with Gasteiger partial charge >= 0.3 is 0 Å². The lowest BCUT2D eigenvalue weighted by atomic mass is 9.43. The van der Waals surface area contributed by atoms with Crippen molar-refractivity contribution >= 4 is 0 Å². The van der Waals surface area contributed by atoms with Gasteiger partial charge in [-0.3, -0.25) is 0 Å². The van der Waals surface area contributed by atoms with Crippen LogP contribution in [0.3, 0.4) is 0 Å². The molecule has 5 rings (SSSR count). The van der Waals surface area contributed by atoms with Crippen LogP contribution in [0, 0.1) is 57.2 Å². The Kier molecular flexibility index (Phi) is 5.15. The van der Waals surface area contributed by atoms with Gasteiger partial charge in [0.15, 0.2) is 0 Å². The molecule has 31 heavy (non-hydrogen) atoms. The molecule has 5 saturated carbocycles. The van der Waals surface area contributed by atoms with Gasteiger partial charge in [0.05, 0.1) is 6.10 Å². The predicted molar refractivity (Wildman–Crippen MR) is 131 cm³/mol.